The Balaban J connectivity index is 2.23. The van der Waals surface area contributed by atoms with Gasteiger partial charge >= 0.3 is 5.97 Å². The molecule has 92 valence electrons. The highest BCUT2D eigenvalue weighted by Crippen LogP contribution is 2.17. The molecule has 0 atom stereocenters. The highest BCUT2D eigenvalue weighted by Gasteiger charge is 2.04. The molecule has 0 aliphatic carbocycles. The monoisotopic (exact) mass is 255 g/mol. The minimum absolute atomic E-state index is 0.183. The zero-order valence-electron chi connectivity index (χ0n) is 9.30. The number of thioether (sulfide) groups is 1. The Morgan fingerprint density at radius 1 is 1.35 bits per heavy atom. The van der Waals surface area contributed by atoms with Crippen molar-refractivity contribution >= 4 is 23.6 Å². The number of amides is 1. The Bertz CT molecular complexity index is 391. The molecule has 2 N–H and O–H groups in total. The summed E-state index contributed by atoms with van der Waals surface area (Å²) in [5, 5.41) is 8.28. The van der Waals surface area contributed by atoms with Gasteiger partial charge in [0.05, 0.1) is 5.75 Å². The number of nitrogens with one attached hydrogen (secondary N) is 1. The number of carbonyl (C=O) groups excluding carboxylic acids is 1. The molecule has 0 unspecified atom stereocenters. The molecule has 1 amide bonds. The maximum Gasteiger partial charge on any atom is 0.332 e. The standard InChI is InChI=1S/C11H13NO4S/c1-8-2-4-9(5-3-8)17-7-10(13)12-16-6-11(14)15/h2-5H,6-7H2,1H3,(H,12,13)(H,14,15). The van der Waals surface area contributed by atoms with Gasteiger partial charge in [-0.15, -0.1) is 11.8 Å². The Kier molecular flexibility index (Phi) is 5.51. The van der Waals surface area contributed by atoms with Gasteiger partial charge in [-0.05, 0) is 19.1 Å². The molecule has 6 heteroatoms. The van der Waals surface area contributed by atoms with Gasteiger partial charge in [-0.3, -0.25) is 9.63 Å². The molecular formula is C11H13NO4S. The summed E-state index contributed by atoms with van der Waals surface area (Å²) < 4.78 is 0. The van der Waals surface area contributed by atoms with Gasteiger partial charge in [0.1, 0.15) is 0 Å². The van der Waals surface area contributed by atoms with Crippen LogP contribution in [0.4, 0.5) is 0 Å². The van der Waals surface area contributed by atoms with E-state index in [1.807, 2.05) is 31.2 Å². The number of benzene rings is 1. The predicted octanol–water partition coefficient (Wildman–Crippen LogP) is 1.22. The first-order chi connectivity index (χ1) is 8.08. The predicted molar refractivity (Wildman–Crippen MR) is 63.6 cm³/mol. The minimum Gasteiger partial charge on any atom is -0.479 e. The molecule has 1 aromatic carbocycles. The van der Waals surface area contributed by atoms with Crippen molar-refractivity contribution in [3.8, 4) is 0 Å². The molecule has 1 aromatic rings. The van der Waals surface area contributed by atoms with Gasteiger partial charge < -0.3 is 5.11 Å². The van der Waals surface area contributed by atoms with E-state index in [0.717, 1.165) is 10.5 Å². The van der Waals surface area contributed by atoms with Gasteiger partial charge in [0, 0.05) is 4.90 Å². The lowest BCUT2D eigenvalue weighted by Gasteiger charge is -2.04. The zero-order valence-corrected chi connectivity index (χ0v) is 10.1. The second-order valence-corrected chi connectivity index (χ2v) is 4.36. The van der Waals surface area contributed by atoms with Crippen molar-refractivity contribution in [1.82, 2.24) is 5.48 Å². The van der Waals surface area contributed by atoms with E-state index in [0.29, 0.717) is 0 Å². The minimum atomic E-state index is -1.13. The molecule has 0 aliphatic rings. The van der Waals surface area contributed by atoms with Crippen LogP contribution in [0.2, 0.25) is 0 Å². The summed E-state index contributed by atoms with van der Waals surface area (Å²) in [6.45, 7) is 1.45. The highest BCUT2D eigenvalue weighted by atomic mass is 32.2. The largest absolute Gasteiger partial charge is 0.479 e. The van der Waals surface area contributed by atoms with Crippen molar-refractivity contribution in [3.63, 3.8) is 0 Å². The molecule has 0 aromatic heterocycles. The summed E-state index contributed by atoms with van der Waals surface area (Å²) in [5.41, 5.74) is 3.21. The SMILES string of the molecule is Cc1ccc(SCC(=O)NOCC(=O)O)cc1. The highest BCUT2D eigenvalue weighted by molar-refractivity contribution is 8.00. The summed E-state index contributed by atoms with van der Waals surface area (Å²) in [6.07, 6.45) is 0. The van der Waals surface area contributed by atoms with E-state index >= 15 is 0 Å². The van der Waals surface area contributed by atoms with E-state index in [1.54, 1.807) is 0 Å². The molecule has 0 aliphatic heterocycles. The molecule has 0 saturated heterocycles. The number of aliphatic carboxylic acids is 1. The van der Waals surface area contributed by atoms with Crippen LogP contribution in [0.5, 0.6) is 0 Å². The van der Waals surface area contributed by atoms with Crippen LogP contribution in [0.1, 0.15) is 5.56 Å². The second kappa shape index (κ2) is 6.93. The van der Waals surface area contributed by atoms with Gasteiger partial charge in [0.25, 0.3) is 5.91 Å². The van der Waals surface area contributed by atoms with Crippen LogP contribution in [0.3, 0.4) is 0 Å². The maximum atomic E-state index is 11.2. The van der Waals surface area contributed by atoms with Crippen LogP contribution in [0.25, 0.3) is 0 Å². The van der Waals surface area contributed by atoms with Gasteiger partial charge in [-0.1, -0.05) is 17.7 Å². The third kappa shape index (κ3) is 5.94. The van der Waals surface area contributed by atoms with Crippen molar-refractivity contribution < 1.29 is 19.5 Å². The molecule has 0 spiro atoms. The number of hydrogen-bond donors (Lipinski definition) is 2. The fourth-order valence-corrected chi connectivity index (χ4v) is 1.68. The second-order valence-electron chi connectivity index (χ2n) is 3.31. The summed E-state index contributed by atoms with van der Waals surface area (Å²) >= 11 is 1.36. The molecular weight excluding hydrogens is 242 g/mol. The summed E-state index contributed by atoms with van der Waals surface area (Å²) in [5.74, 6) is -1.31. The molecule has 17 heavy (non-hydrogen) atoms. The lowest BCUT2D eigenvalue weighted by Crippen LogP contribution is -2.27. The lowest BCUT2D eigenvalue weighted by atomic mass is 10.2. The third-order valence-electron chi connectivity index (χ3n) is 1.77. The fourth-order valence-electron chi connectivity index (χ4n) is 0.991. The van der Waals surface area contributed by atoms with Crippen molar-refractivity contribution in [3.05, 3.63) is 29.8 Å². The quantitative estimate of drug-likeness (QED) is 0.590. The Morgan fingerprint density at radius 3 is 2.59 bits per heavy atom. The topological polar surface area (TPSA) is 75.6 Å². The van der Waals surface area contributed by atoms with Crippen molar-refractivity contribution in [2.45, 2.75) is 11.8 Å². The lowest BCUT2D eigenvalue weighted by molar-refractivity contribution is -0.148. The van der Waals surface area contributed by atoms with Crippen molar-refractivity contribution in [1.29, 1.82) is 0 Å². The molecule has 5 nitrogen and oxygen atoms in total. The Morgan fingerprint density at radius 2 is 2.00 bits per heavy atom. The summed E-state index contributed by atoms with van der Waals surface area (Å²) in [4.78, 5) is 26.8. The normalized spacial score (nSPS) is 9.94. The van der Waals surface area contributed by atoms with E-state index in [4.69, 9.17) is 5.11 Å². The molecule has 0 heterocycles. The first-order valence-corrected chi connectivity index (χ1v) is 5.88. The summed E-state index contributed by atoms with van der Waals surface area (Å²) in [7, 11) is 0. The van der Waals surface area contributed by atoms with Crippen LogP contribution in [0.15, 0.2) is 29.2 Å². The average Bonchev–Trinajstić information content (AvgIpc) is 2.28. The average molecular weight is 255 g/mol. The number of carboxylic acid groups (broad SMARTS) is 1. The molecule has 0 saturated carbocycles. The van der Waals surface area contributed by atoms with E-state index in [2.05, 4.69) is 10.3 Å². The molecule has 1 rings (SSSR count). The van der Waals surface area contributed by atoms with Gasteiger partial charge in [0.2, 0.25) is 0 Å². The van der Waals surface area contributed by atoms with Crippen LogP contribution >= 0.6 is 11.8 Å². The maximum absolute atomic E-state index is 11.2. The fraction of sp³-hybridized carbons (Fsp3) is 0.273. The van der Waals surface area contributed by atoms with Crippen LogP contribution in [-0.2, 0) is 14.4 Å². The Hall–Kier alpha value is -1.53. The first kappa shape index (κ1) is 13.5. The number of carboxylic acids is 1. The van der Waals surface area contributed by atoms with Crippen LogP contribution in [0, 0.1) is 6.92 Å². The number of rotatable bonds is 6. The van der Waals surface area contributed by atoms with E-state index in [1.165, 1.54) is 11.8 Å². The number of carbonyl (C=O) groups is 2. The zero-order chi connectivity index (χ0) is 12.7. The van der Waals surface area contributed by atoms with Crippen LogP contribution < -0.4 is 5.48 Å². The van der Waals surface area contributed by atoms with Gasteiger partial charge in [-0.25, -0.2) is 10.3 Å². The first-order valence-electron chi connectivity index (χ1n) is 4.90. The smallest absolute Gasteiger partial charge is 0.332 e. The van der Waals surface area contributed by atoms with E-state index in [-0.39, 0.29) is 11.7 Å². The molecule has 0 bridgehead atoms. The Labute approximate surface area is 103 Å². The summed E-state index contributed by atoms with van der Waals surface area (Å²) in [6, 6.07) is 7.76. The molecule has 0 radical (unpaired) electrons. The number of hydroxylamine groups is 1. The number of hydrogen-bond acceptors (Lipinski definition) is 4. The van der Waals surface area contributed by atoms with E-state index < -0.39 is 12.6 Å². The molecule has 0 fully saturated rings. The van der Waals surface area contributed by atoms with Gasteiger partial charge in [-0.2, -0.15) is 0 Å². The van der Waals surface area contributed by atoms with Crippen molar-refractivity contribution in [2.24, 2.45) is 0 Å². The third-order valence-corrected chi connectivity index (χ3v) is 2.78. The van der Waals surface area contributed by atoms with Gasteiger partial charge in [0.15, 0.2) is 6.61 Å². The van der Waals surface area contributed by atoms with Crippen LogP contribution in [-0.4, -0.2) is 29.3 Å². The number of aryl methyl sites for hydroxylation is 1. The van der Waals surface area contributed by atoms with Crippen molar-refractivity contribution in [2.75, 3.05) is 12.4 Å². The van der Waals surface area contributed by atoms with E-state index in [9.17, 15) is 9.59 Å².